The van der Waals surface area contributed by atoms with Crippen LogP contribution in [-0.4, -0.2) is 46.8 Å². The zero-order chi connectivity index (χ0) is 17.8. The molecule has 2 unspecified atom stereocenters. The Morgan fingerprint density at radius 1 is 1.00 bits per heavy atom. The third-order valence-electron chi connectivity index (χ3n) is 5.44. The van der Waals surface area contributed by atoms with Crippen LogP contribution in [0.4, 0.5) is 13.2 Å². The van der Waals surface area contributed by atoms with E-state index < -0.39 is 17.8 Å². The van der Waals surface area contributed by atoms with Gasteiger partial charge in [-0.2, -0.15) is 13.2 Å². The molecule has 0 N–H and O–H groups in total. The van der Waals surface area contributed by atoms with Crippen LogP contribution in [0, 0.1) is 0 Å². The average molecular weight is 352 g/mol. The number of benzene rings is 1. The van der Waals surface area contributed by atoms with Crippen molar-refractivity contribution in [3.05, 3.63) is 35.4 Å². The van der Waals surface area contributed by atoms with Gasteiger partial charge < -0.3 is 0 Å². The maximum Gasteiger partial charge on any atom is 0.416 e. The Bertz CT molecular complexity index is 697. The van der Waals surface area contributed by atoms with Crippen LogP contribution in [0.25, 0.3) is 0 Å². The van der Waals surface area contributed by atoms with E-state index in [1.807, 2.05) is 4.90 Å². The minimum absolute atomic E-state index is 0.0875. The Morgan fingerprint density at radius 3 is 2.28 bits per heavy atom. The largest absolute Gasteiger partial charge is 0.416 e. The number of amides is 2. The van der Waals surface area contributed by atoms with E-state index in [2.05, 4.69) is 0 Å². The number of alkyl halides is 3. The molecule has 2 saturated heterocycles. The Labute approximate surface area is 143 Å². The van der Waals surface area contributed by atoms with Crippen molar-refractivity contribution < 1.29 is 22.8 Å². The predicted octanol–water partition coefficient (Wildman–Crippen LogP) is 2.78. The summed E-state index contributed by atoms with van der Waals surface area (Å²) in [7, 11) is 0. The van der Waals surface area contributed by atoms with E-state index in [0.717, 1.165) is 37.0 Å². The second-order valence-corrected chi connectivity index (χ2v) is 7.15. The molecule has 1 saturated carbocycles. The summed E-state index contributed by atoms with van der Waals surface area (Å²) in [5.74, 6) is -0.0868. The first-order valence-electron chi connectivity index (χ1n) is 8.61. The van der Waals surface area contributed by atoms with Crippen LogP contribution in [0.3, 0.4) is 0 Å². The minimum Gasteiger partial charge on any atom is -0.291 e. The molecular weight excluding hydrogens is 333 g/mol. The highest BCUT2D eigenvalue weighted by molar-refractivity contribution is 6.06. The molecule has 2 heterocycles. The highest BCUT2D eigenvalue weighted by Gasteiger charge is 2.49. The molecule has 0 spiro atoms. The molecule has 3 fully saturated rings. The zero-order valence-corrected chi connectivity index (χ0v) is 13.6. The third kappa shape index (κ3) is 3.05. The number of carbonyl (C=O) groups is 2. The van der Waals surface area contributed by atoms with Crippen LogP contribution in [0.15, 0.2) is 24.3 Å². The topological polar surface area (TPSA) is 40.6 Å². The quantitative estimate of drug-likeness (QED) is 0.786. The van der Waals surface area contributed by atoms with E-state index >= 15 is 0 Å². The lowest BCUT2D eigenvalue weighted by Gasteiger charge is -2.22. The molecule has 1 aliphatic carbocycles. The first-order chi connectivity index (χ1) is 11.8. The molecule has 0 radical (unpaired) electrons. The maximum absolute atomic E-state index is 12.7. The lowest BCUT2D eigenvalue weighted by Crippen LogP contribution is -2.41. The number of halogens is 3. The van der Waals surface area contributed by atoms with Gasteiger partial charge in [0, 0.05) is 12.6 Å². The number of nitrogens with zero attached hydrogens (tertiary/aromatic N) is 2. The molecule has 0 bridgehead atoms. The Kier molecular flexibility index (Phi) is 3.86. The zero-order valence-electron chi connectivity index (χ0n) is 13.6. The van der Waals surface area contributed by atoms with Gasteiger partial charge in [-0.1, -0.05) is 12.1 Å². The van der Waals surface area contributed by atoms with E-state index in [-0.39, 0.29) is 30.2 Å². The molecule has 4 nitrogen and oxygen atoms in total. The van der Waals surface area contributed by atoms with Gasteiger partial charge in [-0.15, -0.1) is 0 Å². The molecule has 134 valence electrons. The van der Waals surface area contributed by atoms with E-state index in [4.69, 9.17) is 0 Å². The van der Waals surface area contributed by atoms with Gasteiger partial charge in [-0.05, 0) is 49.4 Å². The van der Waals surface area contributed by atoms with E-state index in [1.54, 1.807) is 0 Å². The van der Waals surface area contributed by atoms with Gasteiger partial charge in [0.1, 0.15) is 0 Å². The molecule has 4 rings (SSSR count). The number of imide groups is 1. The summed E-state index contributed by atoms with van der Waals surface area (Å²) < 4.78 is 38.0. The maximum atomic E-state index is 12.7. The lowest BCUT2D eigenvalue weighted by atomic mass is 9.97. The summed E-state index contributed by atoms with van der Waals surface area (Å²) in [6.07, 6.45) is -1.51. The summed E-state index contributed by atoms with van der Waals surface area (Å²) in [5.41, 5.74) is 0.203. The standard InChI is InChI=1S/C18H19F3N2O2/c19-18(20,21)13-3-1-11(2-4-13)12-7-8-22(10-12)15-9-16(24)23(17(15)25)14-5-6-14/h1-4,12,14-15H,5-10H2. The van der Waals surface area contributed by atoms with Crippen molar-refractivity contribution in [3.8, 4) is 0 Å². The van der Waals surface area contributed by atoms with E-state index in [0.29, 0.717) is 13.1 Å². The molecule has 2 amide bonds. The van der Waals surface area contributed by atoms with Crippen LogP contribution in [0.5, 0.6) is 0 Å². The Balaban J connectivity index is 1.43. The smallest absolute Gasteiger partial charge is 0.291 e. The van der Waals surface area contributed by atoms with Gasteiger partial charge in [0.2, 0.25) is 11.8 Å². The molecular formula is C18H19F3N2O2. The van der Waals surface area contributed by atoms with E-state index in [9.17, 15) is 22.8 Å². The highest BCUT2D eigenvalue weighted by Crippen LogP contribution is 2.37. The van der Waals surface area contributed by atoms with Crippen molar-refractivity contribution >= 4 is 11.8 Å². The van der Waals surface area contributed by atoms with Crippen molar-refractivity contribution in [1.82, 2.24) is 9.80 Å². The molecule has 0 aromatic heterocycles. The van der Waals surface area contributed by atoms with Crippen LogP contribution < -0.4 is 0 Å². The highest BCUT2D eigenvalue weighted by atomic mass is 19.4. The summed E-state index contributed by atoms with van der Waals surface area (Å²) in [6, 6.07) is 4.96. The third-order valence-corrected chi connectivity index (χ3v) is 5.44. The number of hydrogen-bond acceptors (Lipinski definition) is 3. The first kappa shape index (κ1) is 16.6. The summed E-state index contributed by atoms with van der Waals surface area (Å²) in [5, 5.41) is 0. The summed E-state index contributed by atoms with van der Waals surface area (Å²) in [6.45, 7) is 1.29. The van der Waals surface area contributed by atoms with Gasteiger partial charge in [0.25, 0.3) is 0 Å². The van der Waals surface area contributed by atoms with E-state index in [1.165, 1.54) is 17.0 Å². The Hall–Kier alpha value is -1.89. The van der Waals surface area contributed by atoms with Gasteiger partial charge >= 0.3 is 6.18 Å². The fourth-order valence-corrected chi connectivity index (χ4v) is 3.92. The van der Waals surface area contributed by atoms with Crippen LogP contribution >= 0.6 is 0 Å². The predicted molar refractivity (Wildman–Crippen MR) is 83.7 cm³/mol. The molecule has 1 aromatic rings. The van der Waals surface area contributed by atoms with Crippen molar-refractivity contribution in [2.75, 3.05) is 13.1 Å². The minimum atomic E-state index is -4.33. The SMILES string of the molecule is O=C1CC(N2CCC(c3ccc(C(F)(F)F)cc3)C2)C(=O)N1C1CC1. The fraction of sp³-hybridized carbons (Fsp3) is 0.556. The molecule has 1 aromatic carbocycles. The van der Waals surface area contributed by atoms with Crippen molar-refractivity contribution in [2.45, 2.75) is 49.9 Å². The number of hydrogen-bond donors (Lipinski definition) is 0. The van der Waals surface area contributed by atoms with Crippen molar-refractivity contribution in [1.29, 1.82) is 0 Å². The van der Waals surface area contributed by atoms with Gasteiger partial charge in [-0.3, -0.25) is 19.4 Å². The monoisotopic (exact) mass is 352 g/mol. The molecule has 2 aliphatic heterocycles. The molecule has 3 aliphatic rings. The van der Waals surface area contributed by atoms with Crippen LogP contribution in [0.1, 0.15) is 42.7 Å². The lowest BCUT2D eigenvalue weighted by molar-refractivity contribution is -0.140. The first-order valence-corrected chi connectivity index (χ1v) is 8.61. The molecule has 2 atom stereocenters. The van der Waals surface area contributed by atoms with Crippen LogP contribution in [0.2, 0.25) is 0 Å². The molecule has 7 heteroatoms. The normalized spacial score (nSPS) is 28.2. The number of carbonyl (C=O) groups excluding carboxylic acids is 2. The van der Waals surface area contributed by atoms with Gasteiger partial charge in [0.15, 0.2) is 0 Å². The summed E-state index contributed by atoms with van der Waals surface area (Å²) in [4.78, 5) is 28.1. The average Bonchev–Trinajstić information content (AvgIpc) is 3.18. The Morgan fingerprint density at radius 2 is 1.68 bits per heavy atom. The fourth-order valence-electron chi connectivity index (χ4n) is 3.92. The molecule has 25 heavy (non-hydrogen) atoms. The van der Waals surface area contributed by atoms with Gasteiger partial charge in [0.05, 0.1) is 18.0 Å². The van der Waals surface area contributed by atoms with Gasteiger partial charge in [-0.25, -0.2) is 0 Å². The van der Waals surface area contributed by atoms with Crippen molar-refractivity contribution in [3.63, 3.8) is 0 Å². The second-order valence-electron chi connectivity index (χ2n) is 7.15. The van der Waals surface area contributed by atoms with Crippen LogP contribution in [-0.2, 0) is 15.8 Å². The summed E-state index contributed by atoms with van der Waals surface area (Å²) >= 11 is 0. The number of likely N-dealkylation sites (tertiary alicyclic amines) is 2. The van der Waals surface area contributed by atoms with Crippen molar-refractivity contribution in [2.24, 2.45) is 0 Å². The number of rotatable bonds is 3. The second kappa shape index (κ2) is 5.83.